The van der Waals surface area contributed by atoms with E-state index in [9.17, 15) is 18.0 Å². The van der Waals surface area contributed by atoms with Crippen molar-refractivity contribution in [3.05, 3.63) is 69.1 Å². The summed E-state index contributed by atoms with van der Waals surface area (Å²) in [7, 11) is -3.53. The fourth-order valence-corrected chi connectivity index (χ4v) is 5.41. The predicted molar refractivity (Wildman–Crippen MR) is 130 cm³/mol. The Morgan fingerprint density at radius 1 is 1.00 bits per heavy atom. The van der Waals surface area contributed by atoms with Gasteiger partial charge in [0.1, 0.15) is 11.3 Å². The third-order valence-corrected chi connectivity index (χ3v) is 7.56. The SMILES string of the molecule is Cc1ccc(S(=O)(=O)NCCCCCC(=O)Oc2cc(C)cc3oc(=O)c4c(c23)CCC4)cc1. The maximum atomic E-state index is 12.5. The molecule has 0 saturated carbocycles. The van der Waals surface area contributed by atoms with Gasteiger partial charge in [-0.3, -0.25) is 4.79 Å². The summed E-state index contributed by atoms with van der Waals surface area (Å²) in [5, 5.41) is 0.719. The monoisotopic (exact) mass is 483 g/mol. The van der Waals surface area contributed by atoms with Crippen LogP contribution >= 0.6 is 0 Å². The van der Waals surface area contributed by atoms with Crippen molar-refractivity contribution in [2.75, 3.05) is 6.54 Å². The van der Waals surface area contributed by atoms with Gasteiger partial charge in [0.25, 0.3) is 0 Å². The van der Waals surface area contributed by atoms with Crippen molar-refractivity contribution >= 4 is 27.0 Å². The third-order valence-electron chi connectivity index (χ3n) is 6.08. The first kappa shape index (κ1) is 24.2. The zero-order valence-corrected chi connectivity index (χ0v) is 20.3. The summed E-state index contributed by atoms with van der Waals surface area (Å²) < 4.78 is 38.4. The smallest absolute Gasteiger partial charge is 0.339 e. The minimum absolute atomic E-state index is 0.221. The van der Waals surface area contributed by atoms with E-state index in [4.69, 9.17) is 9.15 Å². The van der Waals surface area contributed by atoms with Crippen LogP contribution < -0.4 is 15.1 Å². The summed E-state index contributed by atoms with van der Waals surface area (Å²) in [6, 6.07) is 10.3. The highest BCUT2D eigenvalue weighted by atomic mass is 32.2. The molecule has 3 aromatic rings. The Kier molecular flexibility index (Phi) is 7.19. The van der Waals surface area contributed by atoms with Gasteiger partial charge in [-0.1, -0.05) is 24.1 Å². The number of rotatable bonds is 9. The molecule has 0 amide bonds. The Morgan fingerprint density at radius 2 is 1.74 bits per heavy atom. The van der Waals surface area contributed by atoms with Crippen molar-refractivity contribution in [2.24, 2.45) is 0 Å². The van der Waals surface area contributed by atoms with Crippen LogP contribution in [0.1, 0.15) is 54.4 Å². The standard InChI is InChI=1S/C26H29NO6S/c1-17-10-12-19(13-11-17)34(30,31)27-14-5-3-4-9-24(28)32-22-15-18(2)16-23-25(22)20-7-6-8-21(20)26(29)33-23/h10-13,15-16,27H,3-9,14H2,1-2H3. The van der Waals surface area contributed by atoms with Gasteiger partial charge in [0.15, 0.2) is 0 Å². The van der Waals surface area contributed by atoms with Crippen LogP contribution in [0.25, 0.3) is 11.0 Å². The lowest BCUT2D eigenvalue weighted by Crippen LogP contribution is -2.24. The molecule has 4 rings (SSSR count). The van der Waals surface area contributed by atoms with Crippen molar-refractivity contribution in [2.45, 2.75) is 63.7 Å². The van der Waals surface area contributed by atoms with Crippen LogP contribution in [0.15, 0.2) is 50.5 Å². The topological polar surface area (TPSA) is 103 Å². The van der Waals surface area contributed by atoms with Gasteiger partial charge in [-0.15, -0.1) is 0 Å². The molecule has 2 aromatic carbocycles. The number of esters is 1. The molecule has 0 saturated heterocycles. The van der Waals surface area contributed by atoms with Gasteiger partial charge in [0.05, 0.1) is 10.3 Å². The van der Waals surface area contributed by atoms with Gasteiger partial charge in [-0.2, -0.15) is 0 Å². The zero-order valence-electron chi connectivity index (χ0n) is 19.5. The van der Waals surface area contributed by atoms with Crippen LogP contribution in [0.2, 0.25) is 0 Å². The average Bonchev–Trinajstić information content (AvgIpc) is 3.26. The summed E-state index contributed by atoms with van der Waals surface area (Å²) in [6.07, 6.45) is 4.44. The Bertz CT molecular complexity index is 1370. The van der Waals surface area contributed by atoms with Crippen LogP contribution in [-0.4, -0.2) is 20.9 Å². The molecule has 0 radical (unpaired) electrons. The van der Waals surface area contributed by atoms with E-state index in [0.717, 1.165) is 34.9 Å². The van der Waals surface area contributed by atoms with Crippen molar-refractivity contribution in [1.29, 1.82) is 0 Å². The number of hydrogen-bond acceptors (Lipinski definition) is 6. The van der Waals surface area contributed by atoms with E-state index in [1.165, 1.54) is 0 Å². The summed E-state index contributed by atoms with van der Waals surface area (Å²) in [4.78, 5) is 25.0. The van der Waals surface area contributed by atoms with Crippen molar-refractivity contribution in [3.8, 4) is 5.75 Å². The number of carbonyl (C=O) groups is 1. The van der Waals surface area contributed by atoms with E-state index in [0.29, 0.717) is 49.1 Å². The molecule has 0 aliphatic heterocycles. The Hall–Kier alpha value is -2.97. The van der Waals surface area contributed by atoms with Gasteiger partial charge in [-0.05, 0) is 81.3 Å². The molecule has 0 fully saturated rings. The summed E-state index contributed by atoms with van der Waals surface area (Å²) >= 11 is 0. The number of aryl methyl sites for hydroxylation is 3. The summed E-state index contributed by atoms with van der Waals surface area (Å²) in [5.41, 5.74) is 3.60. The normalized spacial score (nSPS) is 13.2. The Balaban J connectivity index is 1.30. The van der Waals surface area contributed by atoms with Crippen molar-refractivity contribution in [1.82, 2.24) is 4.72 Å². The first-order chi connectivity index (χ1) is 16.2. The molecule has 1 N–H and O–H groups in total. The minimum Gasteiger partial charge on any atom is -0.426 e. The number of fused-ring (bicyclic) bond motifs is 3. The zero-order chi connectivity index (χ0) is 24.3. The summed E-state index contributed by atoms with van der Waals surface area (Å²) in [5.74, 6) is 0.0813. The molecular formula is C26H29NO6S. The number of ether oxygens (including phenoxy) is 1. The molecule has 1 aliphatic carbocycles. The number of nitrogens with one attached hydrogen (secondary N) is 1. The number of hydrogen-bond donors (Lipinski definition) is 1. The second-order valence-corrected chi connectivity index (χ2v) is 10.6. The minimum atomic E-state index is -3.53. The first-order valence-corrected chi connectivity index (χ1v) is 13.1. The summed E-state index contributed by atoms with van der Waals surface area (Å²) in [6.45, 7) is 4.07. The van der Waals surface area contributed by atoms with E-state index in [1.807, 2.05) is 13.8 Å². The van der Waals surface area contributed by atoms with E-state index >= 15 is 0 Å². The number of sulfonamides is 1. The van der Waals surface area contributed by atoms with E-state index in [-0.39, 0.29) is 22.9 Å². The van der Waals surface area contributed by atoms with E-state index in [2.05, 4.69) is 4.72 Å². The molecule has 1 aliphatic rings. The number of carbonyl (C=O) groups excluding carboxylic acids is 1. The third kappa shape index (κ3) is 5.39. The fourth-order valence-electron chi connectivity index (χ4n) is 4.34. The quantitative estimate of drug-likeness (QED) is 0.210. The van der Waals surface area contributed by atoms with Crippen molar-refractivity contribution < 1.29 is 22.4 Å². The van der Waals surface area contributed by atoms with Gasteiger partial charge in [0.2, 0.25) is 10.0 Å². The molecule has 8 heteroatoms. The Morgan fingerprint density at radius 3 is 2.50 bits per heavy atom. The average molecular weight is 484 g/mol. The first-order valence-electron chi connectivity index (χ1n) is 11.6. The van der Waals surface area contributed by atoms with Gasteiger partial charge < -0.3 is 9.15 Å². The molecule has 0 spiro atoms. The molecule has 180 valence electrons. The number of unbranched alkanes of at least 4 members (excludes halogenated alkanes) is 2. The van der Waals surface area contributed by atoms with Crippen LogP contribution in [0, 0.1) is 13.8 Å². The van der Waals surface area contributed by atoms with Gasteiger partial charge in [-0.25, -0.2) is 17.9 Å². The molecule has 0 atom stereocenters. The largest absolute Gasteiger partial charge is 0.426 e. The maximum Gasteiger partial charge on any atom is 0.339 e. The van der Waals surface area contributed by atoms with Crippen molar-refractivity contribution in [3.63, 3.8) is 0 Å². The molecule has 34 heavy (non-hydrogen) atoms. The van der Waals surface area contributed by atoms with E-state index < -0.39 is 10.0 Å². The highest BCUT2D eigenvalue weighted by molar-refractivity contribution is 7.89. The van der Waals surface area contributed by atoms with Crippen LogP contribution in [0.5, 0.6) is 5.75 Å². The van der Waals surface area contributed by atoms with Crippen LogP contribution in [0.3, 0.4) is 0 Å². The van der Waals surface area contributed by atoms with E-state index in [1.54, 1.807) is 36.4 Å². The second-order valence-electron chi connectivity index (χ2n) is 8.83. The highest BCUT2D eigenvalue weighted by Gasteiger charge is 2.23. The number of benzene rings is 2. The van der Waals surface area contributed by atoms with Crippen LogP contribution in [0.4, 0.5) is 0 Å². The molecular weight excluding hydrogens is 454 g/mol. The lowest BCUT2D eigenvalue weighted by molar-refractivity contribution is -0.134. The molecule has 7 nitrogen and oxygen atoms in total. The maximum absolute atomic E-state index is 12.5. The molecule has 0 unspecified atom stereocenters. The highest BCUT2D eigenvalue weighted by Crippen LogP contribution is 2.35. The van der Waals surface area contributed by atoms with Crippen LogP contribution in [-0.2, 0) is 27.7 Å². The van der Waals surface area contributed by atoms with Gasteiger partial charge >= 0.3 is 11.6 Å². The molecule has 0 bridgehead atoms. The predicted octanol–water partition coefficient (Wildman–Crippen LogP) is 4.34. The Labute approximate surface area is 199 Å². The lowest BCUT2D eigenvalue weighted by Gasteiger charge is -2.12. The van der Waals surface area contributed by atoms with Gasteiger partial charge in [0, 0.05) is 18.5 Å². The fraction of sp³-hybridized carbons (Fsp3) is 0.385. The lowest BCUT2D eigenvalue weighted by atomic mass is 10.0. The molecule has 1 heterocycles. The second kappa shape index (κ2) is 10.1. The molecule has 1 aromatic heterocycles.